The molecule has 0 aliphatic carbocycles. The predicted octanol–water partition coefficient (Wildman–Crippen LogP) is 1.15. The molecule has 0 atom stereocenters. The smallest absolute Gasteiger partial charge is 0.329 e. The van der Waals surface area contributed by atoms with Crippen molar-refractivity contribution in [1.82, 2.24) is 0 Å². The van der Waals surface area contributed by atoms with E-state index in [0.717, 1.165) is 11.5 Å². The number of rotatable bonds is 5. The zero-order valence-corrected chi connectivity index (χ0v) is 7.72. The zero-order valence-electron chi connectivity index (χ0n) is 6.90. The third kappa shape index (κ3) is 22.8. The third-order valence-electron chi connectivity index (χ3n) is 0.607. The van der Waals surface area contributed by atoms with Crippen LogP contribution >= 0.6 is 11.8 Å². The van der Waals surface area contributed by atoms with Gasteiger partial charge in [0.15, 0.2) is 0 Å². The van der Waals surface area contributed by atoms with E-state index in [2.05, 4.69) is 13.2 Å². The first-order chi connectivity index (χ1) is 5.68. The molecule has 0 heterocycles. The highest BCUT2D eigenvalue weighted by Crippen LogP contribution is 1.97. The van der Waals surface area contributed by atoms with Crippen molar-refractivity contribution in [1.29, 1.82) is 0 Å². The fourth-order valence-electron chi connectivity index (χ4n) is 0.235. The Hall–Kier alpha value is -0.740. The minimum atomic E-state index is -1.19. The van der Waals surface area contributed by atoms with Gasteiger partial charge in [-0.3, -0.25) is 0 Å². The van der Waals surface area contributed by atoms with E-state index in [1.807, 2.05) is 23.9 Å². The summed E-state index contributed by atoms with van der Waals surface area (Å²) in [6.07, 6.45) is 3.79. The molecule has 0 rings (SSSR count). The van der Waals surface area contributed by atoms with Crippen LogP contribution in [0, 0.1) is 0 Å². The number of carboxylic acid groups (broad SMARTS) is 1. The number of aliphatic hydroxyl groups is 1. The maximum Gasteiger partial charge on any atom is 0.329 e. The van der Waals surface area contributed by atoms with Crippen LogP contribution in [0.1, 0.15) is 0 Å². The summed E-state index contributed by atoms with van der Waals surface area (Å²) in [6, 6.07) is 0. The second kappa shape index (κ2) is 12.9. The SMILES string of the molecule is C=CCSCC=C.O=C(O)CO. The molecule has 0 saturated heterocycles. The fourth-order valence-corrected chi connectivity index (χ4v) is 0.704. The molecule has 3 nitrogen and oxygen atoms in total. The number of aliphatic carboxylic acids is 1. The Morgan fingerprint density at radius 3 is 1.83 bits per heavy atom. The van der Waals surface area contributed by atoms with Gasteiger partial charge in [0.25, 0.3) is 0 Å². The van der Waals surface area contributed by atoms with Crippen molar-refractivity contribution in [2.75, 3.05) is 18.1 Å². The van der Waals surface area contributed by atoms with Crippen LogP contribution in [0.25, 0.3) is 0 Å². The van der Waals surface area contributed by atoms with Gasteiger partial charge in [-0.05, 0) is 0 Å². The van der Waals surface area contributed by atoms with Gasteiger partial charge in [0.05, 0.1) is 0 Å². The van der Waals surface area contributed by atoms with Gasteiger partial charge in [-0.25, -0.2) is 4.79 Å². The molecule has 0 aliphatic rings. The largest absolute Gasteiger partial charge is 0.480 e. The Bertz CT molecular complexity index is 126. The topological polar surface area (TPSA) is 57.5 Å². The van der Waals surface area contributed by atoms with E-state index in [4.69, 9.17) is 15.0 Å². The van der Waals surface area contributed by atoms with Gasteiger partial charge in [-0.1, -0.05) is 12.2 Å². The number of aliphatic hydroxyl groups excluding tert-OH is 1. The van der Waals surface area contributed by atoms with Crippen molar-refractivity contribution in [2.45, 2.75) is 0 Å². The second-order valence-electron chi connectivity index (χ2n) is 1.67. The van der Waals surface area contributed by atoms with Crippen LogP contribution in [0.3, 0.4) is 0 Å². The molecule has 0 amide bonds. The lowest BCUT2D eigenvalue weighted by molar-refractivity contribution is -0.140. The van der Waals surface area contributed by atoms with Gasteiger partial charge in [0.2, 0.25) is 0 Å². The highest BCUT2D eigenvalue weighted by Gasteiger charge is 1.82. The Morgan fingerprint density at radius 1 is 1.33 bits per heavy atom. The number of carboxylic acids is 1. The normalized spacial score (nSPS) is 7.75. The first-order valence-corrected chi connectivity index (χ1v) is 4.46. The maximum absolute atomic E-state index is 9.12. The molecule has 4 heteroatoms. The number of hydrogen-bond donors (Lipinski definition) is 2. The summed E-state index contributed by atoms with van der Waals surface area (Å²) in [7, 11) is 0. The molecule has 0 spiro atoms. The molecule has 0 unspecified atom stereocenters. The van der Waals surface area contributed by atoms with Crippen LogP contribution in [0.2, 0.25) is 0 Å². The summed E-state index contributed by atoms with van der Waals surface area (Å²) in [4.78, 5) is 9.12. The zero-order chi connectivity index (χ0) is 9.82. The molecule has 0 fully saturated rings. The van der Waals surface area contributed by atoms with Gasteiger partial charge < -0.3 is 10.2 Å². The summed E-state index contributed by atoms with van der Waals surface area (Å²) < 4.78 is 0. The van der Waals surface area contributed by atoms with Crippen LogP contribution in [0.5, 0.6) is 0 Å². The monoisotopic (exact) mass is 190 g/mol. The average Bonchev–Trinajstić information content (AvgIpc) is 2.07. The molecule has 0 bridgehead atoms. The lowest BCUT2D eigenvalue weighted by atomic mass is 10.8. The van der Waals surface area contributed by atoms with E-state index < -0.39 is 12.6 Å². The van der Waals surface area contributed by atoms with E-state index in [0.29, 0.717) is 0 Å². The number of thioether (sulfide) groups is 1. The maximum atomic E-state index is 9.12. The van der Waals surface area contributed by atoms with Crippen molar-refractivity contribution in [3.63, 3.8) is 0 Å². The van der Waals surface area contributed by atoms with E-state index in [1.165, 1.54) is 0 Å². The minimum Gasteiger partial charge on any atom is -0.480 e. The molecule has 0 aliphatic heterocycles. The summed E-state index contributed by atoms with van der Waals surface area (Å²) in [6.45, 7) is 6.38. The Balaban J connectivity index is 0. The predicted molar refractivity (Wildman–Crippen MR) is 52.4 cm³/mol. The van der Waals surface area contributed by atoms with Gasteiger partial charge in [-0.15, -0.1) is 13.2 Å². The summed E-state index contributed by atoms with van der Waals surface area (Å²) in [5.74, 6) is 0.878. The summed E-state index contributed by atoms with van der Waals surface area (Å²) >= 11 is 1.82. The Kier molecular flexibility index (Phi) is 14.9. The first-order valence-electron chi connectivity index (χ1n) is 3.31. The molecule has 0 saturated carbocycles. The Labute approximate surface area is 76.8 Å². The van der Waals surface area contributed by atoms with Crippen LogP contribution in [-0.2, 0) is 4.79 Å². The van der Waals surface area contributed by atoms with Gasteiger partial charge in [0, 0.05) is 11.5 Å². The summed E-state index contributed by atoms with van der Waals surface area (Å²) in [5, 5.41) is 15.0. The van der Waals surface area contributed by atoms with E-state index >= 15 is 0 Å². The van der Waals surface area contributed by atoms with Crippen LogP contribution in [0.4, 0.5) is 0 Å². The van der Waals surface area contributed by atoms with E-state index in [1.54, 1.807) is 0 Å². The highest BCUT2D eigenvalue weighted by molar-refractivity contribution is 7.99. The van der Waals surface area contributed by atoms with Crippen LogP contribution < -0.4 is 0 Å². The van der Waals surface area contributed by atoms with Crippen molar-refractivity contribution in [3.8, 4) is 0 Å². The van der Waals surface area contributed by atoms with E-state index in [-0.39, 0.29) is 0 Å². The van der Waals surface area contributed by atoms with Crippen molar-refractivity contribution < 1.29 is 15.0 Å². The van der Waals surface area contributed by atoms with Gasteiger partial charge >= 0.3 is 5.97 Å². The quantitative estimate of drug-likeness (QED) is 0.504. The molecule has 0 radical (unpaired) electrons. The van der Waals surface area contributed by atoms with E-state index in [9.17, 15) is 0 Å². The van der Waals surface area contributed by atoms with Crippen molar-refractivity contribution in [2.24, 2.45) is 0 Å². The van der Waals surface area contributed by atoms with Crippen LogP contribution in [-0.4, -0.2) is 34.3 Å². The molecule has 12 heavy (non-hydrogen) atoms. The fraction of sp³-hybridized carbons (Fsp3) is 0.375. The lowest BCUT2D eigenvalue weighted by Crippen LogP contribution is -1.98. The number of hydrogen-bond acceptors (Lipinski definition) is 3. The average molecular weight is 190 g/mol. The van der Waals surface area contributed by atoms with Crippen molar-refractivity contribution >= 4 is 17.7 Å². The van der Waals surface area contributed by atoms with Gasteiger partial charge in [-0.2, -0.15) is 11.8 Å². The van der Waals surface area contributed by atoms with Crippen molar-refractivity contribution in [3.05, 3.63) is 25.3 Å². The molecule has 70 valence electrons. The molecular weight excluding hydrogens is 176 g/mol. The lowest BCUT2D eigenvalue weighted by Gasteiger charge is -1.85. The first kappa shape index (κ1) is 13.8. The second-order valence-corrected chi connectivity index (χ2v) is 2.74. The standard InChI is InChI=1S/C6H10S.C2H4O3/c1-3-5-7-6-4-2;3-1-2(4)5/h3-4H,1-2,5-6H2;3H,1H2,(H,4,5). The highest BCUT2D eigenvalue weighted by atomic mass is 32.2. The summed E-state index contributed by atoms with van der Waals surface area (Å²) in [5.41, 5.74) is 0. The minimum absolute atomic E-state index is 0.778. The Morgan fingerprint density at radius 2 is 1.67 bits per heavy atom. The van der Waals surface area contributed by atoms with Crippen LogP contribution in [0.15, 0.2) is 25.3 Å². The molecule has 2 N–H and O–H groups in total. The molecular formula is C8H14O3S. The number of carbonyl (C=O) groups is 1. The third-order valence-corrected chi connectivity index (χ3v) is 1.55. The molecule has 0 aromatic rings. The van der Waals surface area contributed by atoms with Gasteiger partial charge in [0.1, 0.15) is 6.61 Å². The molecule has 0 aromatic heterocycles. The molecule has 0 aromatic carbocycles.